The van der Waals surface area contributed by atoms with E-state index in [1.54, 1.807) is 35.1 Å². The first-order valence-corrected chi connectivity index (χ1v) is 9.93. The number of hydrogen-bond acceptors (Lipinski definition) is 6. The summed E-state index contributed by atoms with van der Waals surface area (Å²) in [6.07, 6.45) is 8.66. The number of rotatable bonds is 4. The molecule has 1 aromatic carbocycles. The highest BCUT2D eigenvalue weighted by Gasteiger charge is 2.31. The Hall–Kier alpha value is -3.26. The number of hydrogen-bond donors (Lipinski definition) is 1. The van der Waals surface area contributed by atoms with Crippen LogP contribution < -0.4 is 0 Å². The zero-order valence-electron chi connectivity index (χ0n) is 17.0. The number of aliphatic imine (C=N–C) groups is 1. The van der Waals surface area contributed by atoms with Crippen molar-refractivity contribution in [2.75, 3.05) is 6.54 Å². The van der Waals surface area contributed by atoms with Crippen molar-refractivity contribution in [3.8, 4) is 11.1 Å². The second-order valence-electron chi connectivity index (χ2n) is 7.88. The molecule has 31 heavy (non-hydrogen) atoms. The van der Waals surface area contributed by atoms with Crippen LogP contribution in [-0.2, 0) is 23.8 Å². The highest BCUT2D eigenvalue weighted by atomic mass is 16.3. The smallest absolute Gasteiger partial charge is 0.252 e. The van der Waals surface area contributed by atoms with Gasteiger partial charge in [0, 0.05) is 53.8 Å². The molecule has 4 heterocycles. The molecule has 1 amide bonds. The van der Waals surface area contributed by atoms with Crippen LogP contribution in [0.4, 0.5) is 0 Å². The van der Waals surface area contributed by atoms with E-state index in [0.29, 0.717) is 30.0 Å². The number of benzene rings is 1. The molecule has 2 aliphatic heterocycles. The van der Waals surface area contributed by atoms with E-state index in [9.17, 15) is 9.90 Å². The summed E-state index contributed by atoms with van der Waals surface area (Å²) >= 11 is 0. The first-order valence-electron chi connectivity index (χ1n) is 9.93. The average molecular weight is 408 g/mol. The minimum Gasteiger partial charge on any atom is -0.405 e. The molecule has 0 spiro atoms. The predicted molar refractivity (Wildman–Crippen MR) is 117 cm³/mol. The van der Waals surface area contributed by atoms with Crippen LogP contribution in [0.3, 0.4) is 0 Å². The third kappa shape index (κ3) is 3.46. The Morgan fingerprint density at radius 2 is 2.00 bits per heavy atom. The Morgan fingerprint density at radius 3 is 2.71 bits per heavy atom. The molecule has 1 N–H and O–H groups in total. The summed E-state index contributed by atoms with van der Waals surface area (Å²) in [7, 11) is 13.2. The fourth-order valence-electron chi connectivity index (χ4n) is 4.08. The molecule has 10 heteroatoms. The van der Waals surface area contributed by atoms with Gasteiger partial charge in [0.2, 0.25) is 0 Å². The Labute approximate surface area is 181 Å². The third-order valence-electron chi connectivity index (χ3n) is 5.58. The molecule has 0 bridgehead atoms. The van der Waals surface area contributed by atoms with E-state index in [4.69, 9.17) is 15.7 Å². The van der Waals surface area contributed by atoms with Crippen LogP contribution >= 0.6 is 0 Å². The van der Waals surface area contributed by atoms with E-state index in [1.165, 1.54) is 0 Å². The van der Waals surface area contributed by atoms with Gasteiger partial charge in [-0.2, -0.15) is 5.10 Å². The summed E-state index contributed by atoms with van der Waals surface area (Å²) in [4.78, 5) is 27.6. The SMILES string of the molecule is [B]C([B])(O)c1ccc(-c2cnc(CN3CC4=C(CCC=N4)C3=O)nc2)c2cn(C)nc12. The van der Waals surface area contributed by atoms with Crippen molar-refractivity contribution in [2.45, 2.75) is 24.8 Å². The molecular weight excluding hydrogens is 390 g/mol. The van der Waals surface area contributed by atoms with Gasteiger partial charge in [0.05, 0.1) is 24.3 Å². The lowest BCUT2D eigenvalue weighted by Crippen LogP contribution is -2.27. The van der Waals surface area contributed by atoms with Crippen LogP contribution in [0.1, 0.15) is 24.2 Å². The maximum Gasteiger partial charge on any atom is 0.252 e. The Bertz CT molecular complexity index is 1260. The summed E-state index contributed by atoms with van der Waals surface area (Å²) in [5, 5.41) is 13.2. The normalized spacial score (nSPS) is 16.5. The van der Waals surface area contributed by atoms with E-state index in [0.717, 1.165) is 40.6 Å². The van der Waals surface area contributed by atoms with Crippen LogP contribution in [0.5, 0.6) is 0 Å². The molecule has 0 unspecified atom stereocenters. The largest absolute Gasteiger partial charge is 0.405 e. The highest BCUT2D eigenvalue weighted by molar-refractivity contribution is 6.39. The van der Waals surface area contributed by atoms with Crippen LogP contribution in [0, 0.1) is 0 Å². The molecule has 8 nitrogen and oxygen atoms in total. The quantitative estimate of drug-likeness (QED) is 0.649. The third-order valence-corrected chi connectivity index (χ3v) is 5.58. The number of amides is 1. The van der Waals surface area contributed by atoms with Crippen LogP contribution in [0.2, 0.25) is 0 Å². The van der Waals surface area contributed by atoms with Gasteiger partial charge >= 0.3 is 0 Å². The fourth-order valence-corrected chi connectivity index (χ4v) is 4.08. The average Bonchev–Trinajstić information content (AvgIpc) is 3.27. The van der Waals surface area contributed by atoms with Gasteiger partial charge < -0.3 is 10.0 Å². The van der Waals surface area contributed by atoms with E-state index in [-0.39, 0.29) is 5.91 Å². The van der Waals surface area contributed by atoms with E-state index in [2.05, 4.69) is 20.1 Å². The number of aromatic nitrogens is 4. The molecule has 0 saturated heterocycles. The van der Waals surface area contributed by atoms with Crippen molar-refractivity contribution < 1.29 is 9.90 Å². The maximum atomic E-state index is 12.6. The van der Waals surface area contributed by atoms with Gasteiger partial charge in [-0.25, -0.2) is 9.97 Å². The Balaban J connectivity index is 1.42. The predicted octanol–water partition coefficient (Wildman–Crippen LogP) is 0.931. The lowest BCUT2D eigenvalue weighted by molar-refractivity contribution is -0.126. The van der Waals surface area contributed by atoms with Crippen molar-refractivity contribution in [1.82, 2.24) is 24.6 Å². The zero-order chi connectivity index (χ0) is 21.8. The molecule has 5 rings (SSSR count). The van der Waals surface area contributed by atoms with Gasteiger partial charge in [0.1, 0.15) is 21.5 Å². The van der Waals surface area contributed by atoms with Gasteiger partial charge in [-0.1, -0.05) is 12.1 Å². The second kappa shape index (κ2) is 7.16. The molecule has 150 valence electrons. The topological polar surface area (TPSA) is 96.5 Å². The van der Waals surface area contributed by atoms with E-state index >= 15 is 0 Å². The van der Waals surface area contributed by atoms with Gasteiger partial charge in [0.15, 0.2) is 0 Å². The summed E-state index contributed by atoms with van der Waals surface area (Å²) in [5.74, 6) is 0.571. The molecule has 0 fully saturated rings. The molecule has 0 atom stereocenters. The monoisotopic (exact) mass is 408 g/mol. The second-order valence-corrected chi connectivity index (χ2v) is 7.88. The molecule has 3 aromatic rings. The highest BCUT2D eigenvalue weighted by Crippen LogP contribution is 2.33. The Morgan fingerprint density at radius 1 is 1.23 bits per heavy atom. The van der Waals surface area contributed by atoms with Crippen LogP contribution in [-0.4, -0.2) is 64.1 Å². The number of aliphatic hydroxyl groups is 1. The lowest BCUT2D eigenvalue weighted by Gasteiger charge is -2.20. The molecule has 0 saturated carbocycles. The van der Waals surface area contributed by atoms with Gasteiger partial charge in [0.25, 0.3) is 5.91 Å². The van der Waals surface area contributed by atoms with Gasteiger partial charge in [-0.15, -0.1) is 0 Å². The molecule has 2 aliphatic rings. The molecule has 0 aliphatic carbocycles. The summed E-state index contributed by atoms with van der Waals surface area (Å²) in [6.45, 7) is 0.824. The molecular formula is C21H18B2N6O2. The molecule has 2 aromatic heterocycles. The number of carbonyl (C=O) groups excluding carboxylic acids is 1. The minimum atomic E-state index is -2.00. The maximum absolute atomic E-state index is 12.6. The van der Waals surface area contributed by atoms with Crippen molar-refractivity contribution >= 4 is 38.7 Å². The van der Waals surface area contributed by atoms with Crippen molar-refractivity contribution in [2.24, 2.45) is 12.0 Å². The zero-order valence-corrected chi connectivity index (χ0v) is 17.0. The lowest BCUT2D eigenvalue weighted by atomic mass is 9.61. The summed E-state index contributed by atoms with van der Waals surface area (Å²) < 4.78 is 1.63. The van der Waals surface area contributed by atoms with E-state index < -0.39 is 5.40 Å². The van der Waals surface area contributed by atoms with E-state index in [1.807, 2.05) is 18.5 Å². The summed E-state index contributed by atoms with van der Waals surface area (Å²) in [6, 6.07) is 3.46. The van der Waals surface area contributed by atoms with Crippen molar-refractivity contribution in [3.05, 3.63) is 53.4 Å². The first kappa shape index (κ1) is 19.7. The standard InChI is InChI=1S/C21H18B2N6O2/c1-28-9-15-13(4-5-16(19(15)27-28)21(22,23)31)12-7-25-18(26-8-12)11-29-10-17-14(20(29)30)3-2-6-24-17/h4-9,31H,2-3,10-11H2,1H3. The first-order chi connectivity index (χ1) is 14.8. The van der Waals surface area contributed by atoms with Crippen molar-refractivity contribution in [1.29, 1.82) is 0 Å². The van der Waals surface area contributed by atoms with Crippen LogP contribution in [0.25, 0.3) is 22.0 Å². The summed E-state index contributed by atoms with van der Waals surface area (Å²) in [5.41, 5.74) is 4.11. The number of carbonyl (C=O) groups is 1. The van der Waals surface area contributed by atoms with Crippen LogP contribution in [0.15, 0.2) is 47.0 Å². The van der Waals surface area contributed by atoms with Gasteiger partial charge in [-0.3, -0.25) is 14.5 Å². The number of aryl methyl sites for hydroxylation is 1. The number of fused-ring (bicyclic) bond motifs is 1. The minimum absolute atomic E-state index is 0.0169. The molecule has 4 radical (unpaired) electrons. The number of nitrogens with zero attached hydrogens (tertiary/aromatic N) is 6. The van der Waals surface area contributed by atoms with Crippen molar-refractivity contribution in [3.63, 3.8) is 0 Å². The van der Waals surface area contributed by atoms with Gasteiger partial charge in [-0.05, 0) is 24.0 Å². The fraction of sp³-hybridized carbons (Fsp3) is 0.286. The Kier molecular flexibility index (Phi) is 4.55.